The van der Waals surface area contributed by atoms with E-state index in [0.717, 1.165) is 36.8 Å². The molecule has 0 bridgehead atoms. The molecule has 3 rings (SSSR count). The third-order valence-electron chi connectivity index (χ3n) is 6.18. The highest BCUT2D eigenvalue weighted by Gasteiger charge is 2.13. The Balaban J connectivity index is 1.30. The zero-order chi connectivity index (χ0) is 28.9. The lowest BCUT2D eigenvalue weighted by atomic mass is 10.1. The molecule has 3 aromatic rings. The van der Waals surface area contributed by atoms with Crippen molar-refractivity contribution in [3.63, 3.8) is 0 Å². The van der Waals surface area contributed by atoms with Crippen LogP contribution in [-0.4, -0.2) is 45.3 Å². The lowest BCUT2D eigenvalue weighted by Gasteiger charge is -2.16. The number of rotatable bonds is 15. The minimum absolute atomic E-state index is 0.00197. The van der Waals surface area contributed by atoms with Crippen LogP contribution in [0.4, 0.5) is 0 Å². The average molecular weight is 549 g/mol. The van der Waals surface area contributed by atoms with Crippen molar-refractivity contribution in [1.29, 1.82) is 0 Å². The van der Waals surface area contributed by atoms with Crippen molar-refractivity contribution in [3.05, 3.63) is 71.8 Å². The van der Waals surface area contributed by atoms with Gasteiger partial charge in [0, 0.05) is 37.1 Å². The molecule has 0 saturated heterocycles. The van der Waals surface area contributed by atoms with Gasteiger partial charge in [0.05, 0.1) is 6.10 Å². The number of carbonyl (C=O) groups excluding carboxylic acids is 2. The second kappa shape index (κ2) is 15.5. The smallest absolute Gasteiger partial charge is 0.239 e. The number of ether oxygens (including phenoxy) is 2. The molecule has 0 fully saturated rings. The Kier molecular flexibility index (Phi) is 11.7. The Morgan fingerprint density at radius 1 is 0.725 bits per heavy atom. The van der Waals surface area contributed by atoms with Crippen LogP contribution in [0.25, 0.3) is 0 Å². The predicted octanol–water partition coefficient (Wildman–Crippen LogP) is 5.12. The quantitative estimate of drug-likeness (QED) is 0.241. The largest absolute Gasteiger partial charge is 0.508 e. The number of hydrogen-bond acceptors (Lipinski definition) is 7. The molecule has 0 radical (unpaired) electrons. The molecule has 1 heterocycles. The molecule has 0 saturated carbocycles. The summed E-state index contributed by atoms with van der Waals surface area (Å²) < 4.78 is 11.2. The van der Waals surface area contributed by atoms with Gasteiger partial charge in [0.25, 0.3) is 0 Å². The molecule has 3 N–H and O–H groups in total. The molecule has 1 aromatic heterocycles. The molecule has 0 aliphatic heterocycles. The molecule has 2 atom stereocenters. The van der Waals surface area contributed by atoms with Crippen LogP contribution in [0.5, 0.6) is 23.3 Å². The summed E-state index contributed by atoms with van der Waals surface area (Å²) >= 11 is 0. The lowest BCUT2D eigenvalue weighted by molar-refractivity contribution is -0.127. The number of carbonyl (C=O) groups is 2. The van der Waals surface area contributed by atoms with Crippen molar-refractivity contribution in [2.45, 2.75) is 84.4 Å². The molecule has 9 heteroatoms. The molecular formula is C31H40N4O5. The van der Waals surface area contributed by atoms with Crippen LogP contribution in [0.1, 0.15) is 64.5 Å². The van der Waals surface area contributed by atoms with E-state index in [-0.39, 0.29) is 48.6 Å². The molecule has 0 aliphatic carbocycles. The monoisotopic (exact) mass is 548 g/mol. The molecule has 9 nitrogen and oxygen atoms in total. The number of aromatic nitrogens is 2. The van der Waals surface area contributed by atoms with Gasteiger partial charge in [-0.3, -0.25) is 9.59 Å². The van der Waals surface area contributed by atoms with Crippen molar-refractivity contribution in [3.8, 4) is 23.3 Å². The standard InChI is InChI=1S/C31H40N4O5/c1-21(2)39-30-19-20-31(35-34-30)40-27-15-11-25(12-16-27)8-6-23(4)33-29(38)18-17-28(37)32-22(3)5-7-24-9-13-26(36)14-10-24/h9-16,19-23,36H,5-8,17-18H2,1-4H3,(H,32,37)(H,33,38). The number of phenols is 1. The van der Waals surface area contributed by atoms with Gasteiger partial charge >= 0.3 is 0 Å². The van der Waals surface area contributed by atoms with Crippen molar-refractivity contribution in [2.75, 3.05) is 0 Å². The molecule has 214 valence electrons. The maximum Gasteiger partial charge on any atom is 0.239 e. The Bertz CT molecular complexity index is 1200. The van der Waals surface area contributed by atoms with Gasteiger partial charge in [0.15, 0.2) is 0 Å². The van der Waals surface area contributed by atoms with E-state index in [1.54, 1.807) is 24.3 Å². The third-order valence-corrected chi connectivity index (χ3v) is 6.18. The van der Waals surface area contributed by atoms with Crippen LogP contribution in [-0.2, 0) is 22.4 Å². The first-order valence-electron chi connectivity index (χ1n) is 13.8. The Labute approximate surface area is 236 Å². The van der Waals surface area contributed by atoms with Gasteiger partial charge in [0.2, 0.25) is 23.6 Å². The third kappa shape index (κ3) is 11.3. The summed E-state index contributed by atoms with van der Waals surface area (Å²) in [5.41, 5.74) is 2.23. The fourth-order valence-electron chi connectivity index (χ4n) is 4.01. The second-order valence-corrected chi connectivity index (χ2v) is 10.3. The summed E-state index contributed by atoms with van der Waals surface area (Å²) in [6.45, 7) is 7.77. The van der Waals surface area contributed by atoms with E-state index in [2.05, 4.69) is 20.8 Å². The van der Waals surface area contributed by atoms with Crippen LogP contribution in [0.2, 0.25) is 0 Å². The maximum absolute atomic E-state index is 12.3. The van der Waals surface area contributed by atoms with Gasteiger partial charge in [0.1, 0.15) is 11.5 Å². The molecule has 0 aliphatic rings. The second-order valence-electron chi connectivity index (χ2n) is 10.3. The van der Waals surface area contributed by atoms with Crippen LogP contribution in [0.3, 0.4) is 0 Å². The van der Waals surface area contributed by atoms with E-state index in [1.165, 1.54) is 0 Å². The van der Waals surface area contributed by atoms with Crippen molar-refractivity contribution >= 4 is 11.8 Å². The summed E-state index contributed by atoms with van der Waals surface area (Å²) in [5.74, 6) is 1.48. The van der Waals surface area contributed by atoms with Crippen LogP contribution in [0.15, 0.2) is 60.7 Å². The van der Waals surface area contributed by atoms with Crippen molar-refractivity contribution < 1.29 is 24.2 Å². The van der Waals surface area contributed by atoms with Gasteiger partial charge in [-0.25, -0.2) is 0 Å². The summed E-state index contributed by atoms with van der Waals surface area (Å²) in [6.07, 6.45) is 3.48. The van der Waals surface area contributed by atoms with E-state index < -0.39 is 0 Å². The maximum atomic E-state index is 12.3. The van der Waals surface area contributed by atoms with Gasteiger partial charge in [-0.1, -0.05) is 24.3 Å². The lowest BCUT2D eigenvalue weighted by Crippen LogP contribution is -2.36. The van der Waals surface area contributed by atoms with Gasteiger partial charge < -0.3 is 25.2 Å². The molecular weight excluding hydrogens is 508 g/mol. The number of nitrogens with zero attached hydrogens (tertiary/aromatic N) is 2. The van der Waals surface area contributed by atoms with Gasteiger partial charge in [-0.05, 0) is 88.8 Å². The molecule has 2 amide bonds. The Morgan fingerprint density at radius 3 is 1.68 bits per heavy atom. The van der Waals surface area contributed by atoms with Crippen LogP contribution < -0.4 is 20.1 Å². The number of nitrogens with one attached hydrogen (secondary N) is 2. The molecule has 2 unspecified atom stereocenters. The molecule has 0 spiro atoms. The predicted molar refractivity (Wildman–Crippen MR) is 154 cm³/mol. The highest BCUT2D eigenvalue weighted by Crippen LogP contribution is 2.21. The topological polar surface area (TPSA) is 123 Å². The summed E-state index contributed by atoms with van der Waals surface area (Å²) in [5, 5.41) is 23.3. The Hall–Kier alpha value is -4.14. The first-order valence-corrected chi connectivity index (χ1v) is 13.8. The van der Waals surface area contributed by atoms with Crippen LogP contribution >= 0.6 is 0 Å². The van der Waals surface area contributed by atoms with E-state index in [9.17, 15) is 14.7 Å². The van der Waals surface area contributed by atoms with E-state index in [4.69, 9.17) is 9.47 Å². The van der Waals surface area contributed by atoms with Gasteiger partial charge in [-0.15, -0.1) is 10.2 Å². The highest BCUT2D eigenvalue weighted by atomic mass is 16.5. The molecule has 40 heavy (non-hydrogen) atoms. The highest BCUT2D eigenvalue weighted by molar-refractivity contribution is 5.83. The first kappa shape index (κ1) is 30.4. The minimum atomic E-state index is -0.130. The van der Waals surface area contributed by atoms with E-state index >= 15 is 0 Å². The summed E-state index contributed by atoms with van der Waals surface area (Å²) in [7, 11) is 0. The fourth-order valence-corrected chi connectivity index (χ4v) is 4.01. The minimum Gasteiger partial charge on any atom is -0.508 e. The number of aryl methyl sites for hydroxylation is 2. The summed E-state index contributed by atoms with van der Waals surface area (Å²) in [4.78, 5) is 24.6. The fraction of sp³-hybridized carbons (Fsp3) is 0.419. The SMILES string of the molecule is CC(CCc1ccc(O)cc1)NC(=O)CCC(=O)NC(C)CCc1ccc(Oc2ccc(OC(C)C)nn2)cc1. The van der Waals surface area contributed by atoms with Gasteiger partial charge in [-0.2, -0.15) is 0 Å². The van der Waals surface area contributed by atoms with E-state index in [0.29, 0.717) is 17.5 Å². The Morgan fingerprint density at radius 2 is 1.20 bits per heavy atom. The normalized spacial score (nSPS) is 12.4. The number of aromatic hydroxyl groups is 1. The summed E-state index contributed by atoms with van der Waals surface area (Å²) in [6, 6.07) is 18.2. The number of hydrogen-bond donors (Lipinski definition) is 3. The van der Waals surface area contributed by atoms with Crippen molar-refractivity contribution in [1.82, 2.24) is 20.8 Å². The average Bonchev–Trinajstić information content (AvgIpc) is 2.92. The van der Waals surface area contributed by atoms with Crippen LogP contribution in [0, 0.1) is 0 Å². The number of amides is 2. The van der Waals surface area contributed by atoms with Crippen molar-refractivity contribution in [2.24, 2.45) is 0 Å². The zero-order valence-electron chi connectivity index (χ0n) is 23.7. The number of benzene rings is 2. The first-order chi connectivity index (χ1) is 19.2. The molecule has 2 aromatic carbocycles. The van der Waals surface area contributed by atoms with E-state index in [1.807, 2.05) is 64.1 Å². The number of phenolic OH excluding ortho intramolecular Hbond substituents is 1. The zero-order valence-corrected chi connectivity index (χ0v) is 23.7.